The van der Waals surface area contributed by atoms with Crippen LogP contribution in [0.4, 0.5) is 5.69 Å². The molecule has 1 heterocycles. The lowest BCUT2D eigenvalue weighted by Crippen LogP contribution is -2.14. The predicted octanol–water partition coefficient (Wildman–Crippen LogP) is 4.90. The van der Waals surface area contributed by atoms with Gasteiger partial charge in [0.05, 0.1) is 15.9 Å². The third-order valence-corrected chi connectivity index (χ3v) is 4.66. The van der Waals surface area contributed by atoms with Crippen molar-refractivity contribution in [2.75, 3.05) is 0 Å². The van der Waals surface area contributed by atoms with Crippen molar-refractivity contribution in [3.63, 3.8) is 0 Å². The van der Waals surface area contributed by atoms with Crippen LogP contribution in [0.15, 0.2) is 82.0 Å². The first-order valence-corrected chi connectivity index (χ1v) is 9.04. The SMILES string of the molecule is Cc1ccc(C(=O)Oc2c(-c3ccccc3)c(=O)oc3ccccc23)cc1[N+](=O)[O-]. The molecule has 4 rings (SSSR count). The Balaban J connectivity index is 1.88. The number of aryl methyl sites for hydroxylation is 1. The smallest absolute Gasteiger partial charge is 0.348 e. The lowest BCUT2D eigenvalue weighted by molar-refractivity contribution is -0.385. The highest BCUT2D eigenvalue weighted by atomic mass is 16.6. The fraction of sp³-hybridized carbons (Fsp3) is 0.0435. The Morgan fingerprint density at radius 3 is 2.43 bits per heavy atom. The Kier molecular flexibility index (Phi) is 4.85. The zero-order chi connectivity index (χ0) is 21.3. The molecule has 1 aromatic heterocycles. The number of carbonyl (C=O) groups is 1. The van der Waals surface area contributed by atoms with E-state index in [1.165, 1.54) is 12.1 Å². The standard InChI is InChI=1S/C23H15NO6/c1-14-11-12-16(13-18(14)24(27)28)22(25)30-21-17-9-5-6-10-19(17)29-23(26)20(21)15-7-3-2-4-8-15/h2-13H,1H3. The maximum absolute atomic E-state index is 12.9. The van der Waals surface area contributed by atoms with Crippen LogP contribution in [0.1, 0.15) is 15.9 Å². The third-order valence-electron chi connectivity index (χ3n) is 4.66. The number of nitrogens with zero attached hydrogens (tertiary/aromatic N) is 1. The second-order valence-electron chi connectivity index (χ2n) is 6.60. The van der Waals surface area contributed by atoms with E-state index in [-0.39, 0.29) is 28.1 Å². The van der Waals surface area contributed by atoms with Crippen molar-refractivity contribution in [1.29, 1.82) is 0 Å². The Hall–Kier alpha value is -4.26. The molecular weight excluding hydrogens is 386 g/mol. The van der Waals surface area contributed by atoms with Crippen molar-refractivity contribution in [2.24, 2.45) is 0 Å². The van der Waals surface area contributed by atoms with Gasteiger partial charge in [-0.1, -0.05) is 48.5 Å². The van der Waals surface area contributed by atoms with Gasteiger partial charge in [0.25, 0.3) is 5.69 Å². The maximum Gasteiger partial charge on any atom is 0.348 e. The van der Waals surface area contributed by atoms with Crippen molar-refractivity contribution in [3.8, 4) is 16.9 Å². The zero-order valence-corrected chi connectivity index (χ0v) is 15.8. The van der Waals surface area contributed by atoms with Crippen molar-refractivity contribution < 1.29 is 18.9 Å². The number of ether oxygens (including phenoxy) is 1. The van der Waals surface area contributed by atoms with E-state index in [9.17, 15) is 19.7 Å². The number of para-hydroxylation sites is 1. The maximum atomic E-state index is 12.9. The quantitative estimate of drug-likeness (QED) is 0.209. The number of carbonyl (C=O) groups excluding carboxylic acids is 1. The average Bonchev–Trinajstić information content (AvgIpc) is 2.74. The third kappa shape index (κ3) is 3.44. The van der Waals surface area contributed by atoms with E-state index in [0.29, 0.717) is 16.5 Å². The number of rotatable bonds is 4. The van der Waals surface area contributed by atoms with E-state index >= 15 is 0 Å². The summed E-state index contributed by atoms with van der Waals surface area (Å²) in [4.78, 5) is 36.2. The fourth-order valence-electron chi connectivity index (χ4n) is 3.17. The number of fused-ring (bicyclic) bond motifs is 1. The Morgan fingerprint density at radius 1 is 1.00 bits per heavy atom. The predicted molar refractivity (Wildman–Crippen MR) is 111 cm³/mol. The molecule has 3 aromatic carbocycles. The molecule has 0 radical (unpaired) electrons. The minimum atomic E-state index is -0.814. The topological polar surface area (TPSA) is 99.7 Å². The highest BCUT2D eigenvalue weighted by Gasteiger charge is 2.22. The lowest BCUT2D eigenvalue weighted by Gasteiger charge is -2.12. The lowest BCUT2D eigenvalue weighted by atomic mass is 10.0. The van der Waals surface area contributed by atoms with Gasteiger partial charge in [0.1, 0.15) is 11.1 Å². The first-order valence-electron chi connectivity index (χ1n) is 9.04. The molecule has 0 N–H and O–H groups in total. The van der Waals surface area contributed by atoms with Gasteiger partial charge in [-0.05, 0) is 30.7 Å². The fourth-order valence-corrected chi connectivity index (χ4v) is 3.17. The monoisotopic (exact) mass is 401 g/mol. The molecule has 0 spiro atoms. The molecule has 0 aliphatic carbocycles. The van der Waals surface area contributed by atoms with E-state index < -0.39 is 16.5 Å². The summed E-state index contributed by atoms with van der Waals surface area (Å²) in [5.41, 5.74) is 0.470. The number of hydrogen-bond acceptors (Lipinski definition) is 6. The molecule has 4 aromatic rings. The first kappa shape index (κ1) is 19.1. The Labute approximate surface area is 170 Å². The molecule has 7 heteroatoms. The number of nitro groups is 1. The summed E-state index contributed by atoms with van der Waals surface area (Å²) in [6, 6.07) is 19.5. The molecular formula is C23H15NO6. The van der Waals surface area contributed by atoms with Gasteiger partial charge < -0.3 is 9.15 Å². The number of esters is 1. The van der Waals surface area contributed by atoms with Gasteiger partial charge in [0.2, 0.25) is 0 Å². The zero-order valence-electron chi connectivity index (χ0n) is 15.8. The molecule has 0 unspecified atom stereocenters. The minimum Gasteiger partial charge on any atom is -0.422 e. The van der Waals surface area contributed by atoms with Gasteiger partial charge in [-0.15, -0.1) is 0 Å². The van der Waals surface area contributed by atoms with Gasteiger partial charge in [0.15, 0.2) is 5.75 Å². The van der Waals surface area contributed by atoms with Crippen LogP contribution >= 0.6 is 0 Å². The summed E-state index contributed by atoms with van der Waals surface area (Å²) in [5, 5.41) is 11.6. The van der Waals surface area contributed by atoms with Crippen molar-refractivity contribution >= 4 is 22.6 Å². The molecule has 0 fully saturated rings. The molecule has 0 bridgehead atoms. The molecule has 7 nitrogen and oxygen atoms in total. The van der Waals surface area contributed by atoms with Crippen LogP contribution in [-0.4, -0.2) is 10.9 Å². The van der Waals surface area contributed by atoms with Gasteiger partial charge >= 0.3 is 11.6 Å². The average molecular weight is 401 g/mol. The second kappa shape index (κ2) is 7.63. The first-order chi connectivity index (χ1) is 14.5. The van der Waals surface area contributed by atoms with Crippen molar-refractivity contribution in [3.05, 3.63) is 104 Å². The highest BCUT2D eigenvalue weighted by molar-refractivity contribution is 5.98. The highest BCUT2D eigenvalue weighted by Crippen LogP contribution is 2.35. The van der Waals surface area contributed by atoms with Gasteiger partial charge in [-0.3, -0.25) is 10.1 Å². The van der Waals surface area contributed by atoms with Gasteiger partial charge in [-0.2, -0.15) is 0 Å². The molecule has 0 saturated carbocycles. The largest absolute Gasteiger partial charge is 0.422 e. The van der Waals surface area contributed by atoms with Crippen LogP contribution in [0.3, 0.4) is 0 Å². The Bertz CT molecular complexity index is 1340. The number of benzene rings is 3. The molecule has 148 valence electrons. The summed E-state index contributed by atoms with van der Waals surface area (Å²) < 4.78 is 11.0. The molecule has 0 aliphatic rings. The van der Waals surface area contributed by atoms with Crippen LogP contribution < -0.4 is 10.4 Å². The summed E-state index contributed by atoms with van der Waals surface area (Å²) in [5.74, 6) is -0.771. The summed E-state index contributed by atoms with van der Waals surface area (Å²) in [7, 11) is 0. The van der Waals surface area contributed by atoms with E-state index in [1.807, 2.05) is 0 Å². The van der Waals surface area contributed by atoms with Crippen LogP contribution in [-0.2, 0) is 0 Å². The normalized spacial score (nSPS) is 10.7. The summed E-state index contributed by atoms with van der Waals surface area (Å²) in [6.45, 7) is 1.58. The van der Waals surface area contributed by atoms with Gasteiger partial charge in [0, 0.05) is 11.6 Å². The van der Waals surface area contributed by atoms with Crippen LogP contribution in [0.5, 0.6) is 5.75 Å². The van der Waals surface area contributed by atoms with E-state index in [4.69, 9.17) is 9.15 Å². The van der Waals surface area contributed by atoms with Gasteiger partial charge in [-0.25, -0.2) is 9.59 Å². The summed E-state index contributed by atoms with van der Waals surface area (Å²) in [6.07, 6.45) is 0. The van der Waals surface area contributed by atoms with E-state index in [0.717, 1.165) is 6.07 Å². The van der Waals surface area contributed by atoms with Crippen LogP contribution in [0.25, 0.3) is 22.1 Å². The number of nitro benzene ring substituents is 1. The molecule has 0 saturated heterocycles. The van der Waals surface area contributed by atoms with Crippen LogP contribution in [0, 0.1) is 17.0 Å². The molecule has 30 heavy (non-hydrogen) atoms. The van der Waals surface area contributed by atoms with E-state index in [2.05, 4.69) is 0 Å². The Morgan fingerprint density at radius 2 is 1.70 bits per heavy atom. The van der Waals surface area contributed by atoms with Crippen molar-refractivity contribution in [1.82, 2.24) is 0 Å². The molecule has 0 aliphatic heterocycles. The van der Waals surface area contributed by atoms with Crippen molar-refractivity contribution in [2.45, 2.75) is 6.92 Å². The van der Waals surface area contributed by atoms with Crippen LogP contribution in [0.2, 0.25) is 0 Å². The second-order valence-corrected chi connectivity index (χ2v) is 6.60. The number of hydrogen-bond donors (Lipinski definition) is 0. The molecule has 0 amide bonds. The summed E-state index contributed by atoms with van der Waals surface area (Å²) >= 11 is 0. The minimum absolute atomic E-state index is 0.00336. The van der Waals surface area contributed by atoms with E-state index in [1.54, 1.807) is 61.5 Å². The molecule has 0 atom stereocenters.